The molecule has 6 nitrogen and oxygen atoms in total. The van der Waals surface area contributed by atoms with Crippen molar-refractivity contribution in [1.29, 1.82) is 0 Å². The number of H-pyrrole nitrogens is 1. The van der Waals surface area contributed by atoms with Crippen LogP contribution in [0.4, 0.5) is 4.39 Å². The van der Waals surface area contributed by atoms with E-state index in [1.165, 1.54) is 0 Å². The van der Waals surface area contributed by atoms with Crippen molar-refractivity contribution in [1.82, 2.24) is 15.1 Å². The first-order valence-corrected chi connectivity index (χ1v) is 10.8. The molecule has 172 valence electrons. The topological polar surface area (TPSA) is 83.1 Å². The van der Waals surface area contributed by atoms with Crippen LogP contribution in [0, 0.1) is 5.41 Å². The lowest BCUT2D eigenvalue weighted by Gasteiger charge is -2.22. The standard InChI is InChI=1S/C25H32FN3O3/c1-5-9-18(12-19(15-26)16-29(17-30)23(31)14-25(2,3)4)13-22-20-10-7-6-8-11-21(20)24(32)28-27-22/h6-9,11-12,17H,5,10,13-16H2,1-4H3,(H,28,32)/b18-9+,19-12+. The molecule has 0 saturated carbocycles. The second-order valence-corrected chi connectivity index (χ2v) is 9.05. The van der Waals surface area contributed by atoms with Gasteiger partial charge >= 0.3 is 0 Å². The summed E-state index contributed by atoms with van der Waals surface area (Å²) in [5, 5.41) is 6.79. The molecule has 0 radical (unpaired) electrons. The Balaban J connectivity index is 2.30. The number of hydrogen-bond acceptors (Lipinski definition) is 4. The molecule has 0 aromatic carbocycles. The van der Waals surface area contributed by atoms with E-state index in [0.29, 0.717) is 36.1 Å². The quantitative estimate of drug-likeness (QED) is 0.462. The van der Waals surface area contributed by atoms with Crippen LogP contribution < -0.4 is 5.56 Å². The molecule has 2 rings (SSSR count). The van der Waals surface area contributed by atoms with E-state index in [-0.39, 0.29) is 29.8 Å². The van der Waals surface area contributed by atoms with Gasteiger partial charge in [-0.3, -0.25) is 19.3 Å². The minimum Gasteiger partial charge on any atom is -0.281 e. The molecular weight excluding hydrogens is 409 g/mol. The molecular formula is C25H32FN3O3. The summed E-state index contributed by atoms with van der Waals surface area (Å²) in [4.78, 5) is 37.1. The minimum absolute atomic E-state index is 0.0986. The smallest absolute Gasteiger partial charge is 0.271 e. The summed E-state index contributed by atoms with van der Waals surface area (Å²) in [5.41, 5.74) is 2.74. The molecule has 0 atom stereocenters. The third-order valence-corrected chi connectivity index (χ3v) is 4.94. The summed E-state index contributed by atoms with van der Waals surface area (Å²) in [7, 11) is 0. The monoisotopic (exact) mass is 441 g/mol. The molecule has 0 spiro atoms. The van der Waals surface area contributed by atoms with Gasteiger partial charge in [0, 0.05) is 18.4 Å². The van der Waals surface area contributed by atoms with E-state index < -0.39 is 6.67 Å². The number of amides is 2. The minimum atomic E-state index is -0.781. The van der Waals surface area contributed by atoms with Gasteiger partial charge in [-0.15, -0.1) is 0 Å². The highest BCUT2D eigenvalue weighted by molar-refractivity contribution is 5.86. The molecule has 1 heterocycles. The van der Waals surface area contributed by atoms with Crippen LogP contribution in [0.2, 0.25) is 0 Å². The Labute approximate surface area is 188 Å². The predicted octanol–water partition coefficient (Wildman–Crippen LogP) is 4.09. The largest absolute Gasteiger partial charge is 0.281 e. The number of carbonyl (C=O) groups is 2. The fraction of sp³-hybridized carbons (Fsp3) is 0.440. The van der Waals surface area contributed by atoms with Crippen molar-refractivity contribution in [2.45, 2.75) is 53.4 Å². The van der Waals surface area contributed by atoms with Gasteiger partial charge in [-0.1, -0.05) is 58.1 Å². The number of nitrogens with zero attached hydrogens (tertiary/aromatic N) is 2. The molecule has 1 aromatic heterocycles. The molecule has 1 aromatic rings. The van der Waals surface area contributed by atoms with Crippen LogP contribution in [-0.4, -0.2) is 40.6 Å². The zero-order valence-corrected chi connectivity index (χ0v) is 19.3. The number of aromatic amines is 1. The van der Waals surface area contributed by atoms with Gasteiger partial charge in [-0.05, 0) is 41.0 Å². The lowest BCUT2D eigenvalue weighted by molar-refractivity contribution is -0.139. The number of fused-ring (bicyclic) bond motifs is 1. The molecule has 7 heteroatoms. The average Bonchev–Trinajstić information content (AvgIpc) is 2.98. The van der Waals surface area contributed by atoms with Crippen LogP contribution >= 0.6 is 0 Å². The van der Waals surface area contributed by atoms with Crippen molar-refractivity contribution in [3.63, 3.8) is 0 Å². The van der Waals surface area contributed by atoms with E-state index >= 15 is 0 Å². The molecule has 1 aliphatic rings. The van der Waals surface area contributed by atoms with E-state index in [0.717, 1.165) is 22.5 Å². The highest BCUT2D eigenvalue weighted by atomic mass is 19.1. The third kappa shape index (κ3) is 7.25. The number of rotatable bonds is 9. The molecule has 0 aliphatic heterocycles. The fourth-order valence-corrected chi connectivity index (χ4v) is 3.49. The number of halogens is 1. The molecule has 32 heavy (non-hydrogen) atoms. The summed E-state index contributed by atoms with van der Waals surface area (Å²) < 4.78 is 13.8. The van der Waals surface area contributed by atoms with E-state index in [2.05, 4.69) is 10.2 Å². The van der Waals surface area contributed by atoms with Crippen molar-refractivity contribution in [3.8, 4) is 0 Å². The van der Waals surface area contributed by atoms with Gasteiger partial charge < -0.3 is 0 Å². The maximum atomic E-state index is 13.8. The molecule has 0 bridgehead atoms. The lowest BCUT2D eigenvalue weighted by Crippen LogP contribution is -2.34. The Hall–Kier alpha value is -3.09. The van der Waals surface area contributed by atoms with Crippen molar-refractivity contribution < 1.29 is 14.0 Å². The lowest BCUT2D eigenvalue weighted by atomic mass is 9.91. The van der Waals surface area contributed by atoms with Gasteiger partial charge in [0.15, 0.2) is 0 Å². The normalized spacial score (nSPS) is 14.2. The average molecular weight is 442 g/mol. The number of alkyl halides is 1. The van der Waals surface area contributed by atoms with Crippen LogP contribution in [0.25, 0.3) is 6.08 Å². The highest BCUT2D eigenvalue weighted by Gasteiger charge is 2.22. The Bertz CT molecular complexity index is 1010. The van der Waals surface area contributed by atoms with Gasteiger partial charge in [0.25, 0.3) is 5.56 Å². The Morgan fingerprint density at radius 1 is 1.31 bits per heavy atom. The second-order valence-electron chi connectivity index (χ2n) is 9.05. The van der Waals surface area contributed by atoms with Crippen molar-refractivity contribution in [2.75, 3.05) is 13.2 Å². The first kappa shape index (κ1) is 25.2. The second kappa shape index (κ2) is 11.5. The third-order valence-electron chi connectivity index (χ3n) is 4.94. The number of allylic oxidation sites excluding steroid dienone is 6. The van der Waals surface area contributed by atoms with Crippen LogP contribution in [0.15, 0.2) is 46.3 Å². The number of aromatic nitrogens is 2. The summed E-state index contributed by atoms with van der Waals surface area (Å²) in [6, 6.07) is 0. The number of carbonyl (C=O) groups excluding carboxylic acids is 2. The van der Waals surface area contributed by atoms with Gasteiger partial charge in [-0.25, -0.2) is 9.49 Å². The zero-order chi connectivity index (χ0) is 23.7. The molecule has 1 aliphatic carbocycles. The SMILES string of the molecule is CC/C=C(\C=C(/CF)CN(C=O)C(=O)CC(C)(C)C)Cc1n[nH]c(=O)c2c1CC=CC=C2. The highest BCUT2D eigenvalue weighted by Crippen LogP contribution is 2.21. The number of hydrogen-bond donors (Lipinski definition) is 1. The number of nitrogens with one attached hydrogen (secondary N) is 1. The van der Waals surface area contributed by atoms with E-state index in [9.17, 15) is 18.8 Å². The summed E-state index contributed by atoms with van der Waals surface area (Å²) in [6.45, 7) is 6.82. The van der Waals surface area contributed by atoms with Crippen LogP contribution in [-0.2, 0) is 22.4 Å². The number of imide groups is 1. The summed E-state index contributed by atoms with van der Waals surface area (Å²) >= 11 is 0. The van der Waals surface area contributed by atoms with Crippen LogP contribution in [0.1, 0.15) is 57.4 Å². The van der Waals surface area contributed by atoms with Crippen LogP contribution in [0.3, 0.4) is 0 Å². The van der Waals surface area contributed by atoms with Gasteiger partial charge in [0.05, 0.1) is 12.2 Å². The van der Waals surface area contributed by atoms with Crippen molar-refractivity contribution in [3.05, 3.63) is 68.7 Å². The van der Waals surface area contributed by atoms with Crippen molar-refractivity contribution >= 4 is 18.4 Å². The van der Waals surface area contributed by atoms with E-state index in [4.69, 9.17) is 0 Å². The van der Waals surface area contributed by atoms with Crippen molar-refractivity contribution in [2.24, 2.45) is 5.41 Å². The predicted molar refractivity (Wildman–Crippen MR) is 125 cm³/mol. The Kier molecular flexibility index (Phi) is 9.05. The summed E-state index contributed by atoms with van der Waals surface area (Å²) in [5.74, 6) is -0.334. The maximum absolute atomic E-state index is 13.8. The molecule has 0 fully saturated rings. The van der Waals surface area contributed by atoms with Gasteiger partial charge in [0.1, 0.15) is 6.67 Å². The zero-order valence-electron chi connectivity index (χ0n) is 19.3. The Morgan fingerprint density at radius 2 is 2.06 bits per heavy atom. The molecule has 0 unspecified atom stereocenters. The maximum Gasteiger partial charge on any atom is 0.271 e. The molecule has 0 saturated heterocycles. The van der Waals surface area contributed by atoms with Gasteiger partial charge in [-0.2, -0.15) is 5.10 Å². The fourth-order valence-electron chi connectivity index (χ4n) is 3.49. The van der Waals surface area contributed by atoms with Crippen LogP contribution in [0.5, 0.6) is 0 Å². The first-order chi connectivity index (χ1) is 15.2. The van der Waals surface area contributed by atoms with Gasteiger partial charge in [0.2, 0.25) is 12.3 Å². The first-order valence-electron chi connectivity index (χ1n) is 10.8. The van der Waals surface area contributed by atoms with E-state index in [1.54, 1.807) is 12.2 Å². The Morgan fingerprint density at radius 3 is 2.69 bits per heavy atom. The molecule has 1 N–H and O–H groups in total. The summed E-state index contributed by atoms with van der Waals surface area (Å²) in [6.07, 6.45) is 13.4. The van der Waals surface area contributed by atoms with E-state index in [1.807, 2.05) is 52.0 Å². The molecule has 2 amide bonds.